The first-order valence-electron chi connectivity index (χ1n) is 9.38. The summed E-state index contributed by atoms with van der Waals surface area (Å²) < 4.78 is 17.1. The van der Waals surface area contributed by atoms with E-state index in [1.807, 2.05) is 36.4 Å². The minimum atomic E-state index is -0.988. The summed E-state index contributed by atoms with van der Waals surface area (Å²) in [6, 6.07) is 15.7. The van der Waals surface area contributed by atoms with Gasteiger partial charge in [0.05, 0.1) is 13.2 Å². The number of rotatable bonds is 7. The third-order valence-corrected chi connectivity index (χ3v) is 5.96. The van der Waals surface area contributed by atoms with Gasteiger partial charge in [-0.1, -0.05) is 36.4 Å². The lowest BCUT2D eigenvalue weighted by Gasteiger charge is -2.26. The number of nitrogens with one attached hydrogen (secondary N) is 1. The van der Waals surface area contributed by atoms with Crippen molar-refractivity contribution in [3.63, 3.8) is 0 Å². The van der Waals surface area contributed by atoms with Crippen molar-refractivity contribution in [2.24, 2.45) is 0 Å². The van der Waals surface area contributed by atoms with Crippen molar-refractivity contribution in [3.8, 4) is 5.75 Å². The topological polar surface area (TPSA) is 55.4 Å². The first-order chi connectivity index (χ1) is 13.1. The van der Waals surface area contributed by atoms with E-state index in [0.717, 1.165) is 30.6 Å². The van der Waals surface area contributed by atoms with Gasteiger partial charge in [0, 0.05) is 29.2 Å². The summed E-state index contributed by atoms with van der Waals surface area (Å²) in [5.41, 5.74) is 3.54. The molecule has 3 rings (SSSR count). The summed E-state index contributed by atoms with van der Waals surface area (Å²) in [5, 5.41) is 3.11. The van der Waals surface area contributed by atoms with Crippen LogP contribution in [0.2, 0.25) is 0 Å². The third kappa shape index (κ3) is 5.19. The number of aryl methyl sites for hydroxylation is 1. The molecule has 1 aliphatic carbocycles. The van der Waals surface area contributed by atoms with Crippen LogP contribution >= 0.6 is 0 Å². The Morgan fingerprint density at radius 1 is 1.26 bits per heavy atom. The molecule has 0 fully saturated rings. The molecule has 0 saturated carbocycles. The zero-order valence-electron chi connectivity index (χ0n) is 15.9. The normalized spacial score (nSPS) is 18.2. The van der Waals surface area contributed by atoms with E-state index in [4.69, 9.17) is 4.74 Å². The Morgan fingerprint density at radius 2 is 2.04 bits per heavy atom. The Balaban J connectivity index is 1.71. The molecule has 0 heterocycles. The molecule has 0 aromatic heterocycles. The number of hydrogen-bond donors (Lipinski definition) is 1. The van der Waals surface area contributed by atoms with Crippen LogP contribution in [0.4, 0.5) is 0 Å². The predicted octanol–water partition coefficient (Wildman–Crippen LogP) is 3.74. The molecule has 3 atom stereocenters. The average Bonchev–Trinajstić information content (AvgIpc) is 2.67. The van der Waals surface area contributed by atoms with Crippen LogP contribution in [-0.4, -0.2) is 29.2 Å². The maximum Gasteiger partial charge on any atom is 0.221 e. The molecule has 0 bridgehead atoms. The number of carbonyl (C=O) groups excluding carboxylic acids is 1. The molecule has 0 spiro atoms. The van der Waals surface area contributed by atoms with Gasteiger partial charge < -0.3 is 10.1 Å². The van der Waals surface area contributed by atoms with E-state index in [0.29, 0.717) is 12.2 Å². The Hall–Kier alpha value is -2.14. The van der Waals surface area contributed by atoms with E-state index in [-0.39, 0.29) is 17.9 Å². The quantitative estimate of drug-likeness (QED) is 0.790. The lowest BCUT2D eigenvalue weighted by molar-refractivity contribution is -0.122. The molecule has 27 heavy (non-hydrogen) atoms. The van der Waals surface area contributed by atoms with Gasteiger partial charge in [-0.05, 0) is 54.0 Å². The number of methoxy groups -OCH3 is 1. The van der Waals surface area contributed by atoms with Crippen LogP contribution in [0.15, 0.2) is 48.5 Å². The summed E-state index contributed by atoms with van der Waals surface area (Å²) >= 11 is 0. The zero-order chi connectivity index (χ0) is 19.2. The molecule has 0 radical (unpaired) electrons. The Kier molecular flexibility index (Phi) is 6.67. The highest BCUT2D eigenvalue weighted by Gasteiger charge is 2.24. The maximum atomic E-state index is 12.8. The molecule has 2 aromatic carbocycles. The van der Waals surface area contributed by atoms with Gasteiger partial charge in [0.25, 0.3) is 0 Å². The van der Waals surface area contributed by atoms with Gasteiger partial charge in [0.1, 0.15) is 5.75 Å². The molecule has 1 amide bonds. The highest BCUT2D eigenvalue weighted by atomic mass is 32.2. The Morgan fingerprint density at radius 3 is 2.74 bits per heavy atom. The Labute approximate surface area is 163 Å². The molecule has 0 aliphatic heterocycles. The molecule has 0 saturated heterocycles. The SMILES string of the molecule is COc1ccc2c(c1)CCCC2CC(=O)NC(CS(C)=O)c1ccccc1. The summed E-state index contributed by atoms with van der Waals surface area (Å²) in [6.07, 6.45) is 5.26. The summed E-state index contributed by atoms with van der Waals surface area (Å²) in [6.45, 7) is 0. The highest BCUT2D eigenvalue weighted by molar-refractivity contribution is 7.84. The van der Waals surface area contributed by atoms with Gasteiger partial charge in [-0.2, -0.15) is 0 Å². The molecular formula is C22H27NO3S. The van der Waals surface area contributed by atoms with Crippen molar-refractivity contribution >= 4 is 16.7 Å². The van der Waals surface area contributed by atoms with Crippen molar-refractivity contribution in [3.05, 3.63) is 65.2 Å². The second kappa shape index (κ2) is 9.18. The van der Waals surface area contributed by atoms with E-state index in [1.165, 1.54) is 11.1 Å². The molecule has 4 nitrogen and oxygen atoms in total. The van der Waals surface area contributed by atoms with Gasteiger partial charge in [-0.25, -0.2) is 0 Å². The third-order valence-electron chi connectivity index (χ3n) is 5.16. The Bertz CT molecular complexity index is 806. The zero-order valence-corrected chi connectivity index (χ0v) is 16.8. The van der Waals surface area contributed by atoms with Gasteiger partial charge in [0.2, 0.25) is 5.91 Å². The van der Waals surface area contributed by atoms with E-state index >= 15 is 0 Å². The van der Waals surface area contributed by atoms with Crippen LogP contribution in [0, 0.1) is 0 Å². The molecule has 144 valence electrons. The van der Waals surface area contributed by atoms with Crippen molar-refractivity contribution in [1.29, 1.82) is 0 Å². The fraction of sp³-hybridized carbons (Fsp3) is 0.409. The van der Waals surface area contributed by atoms with Crippen LogP contribution in [0.1, 0.15) is 47.9 Å². The summed E-state index contributed by atoms with van der Waals surface area (Å²) in [5.74, 6) is 1.54. The average molecular weight is 386 g/mol. The maximum absolute atomic E-state index is 12.8. The van der Waals surface area contributed by atoms with Crippen molar-refractivity contribution in [1.82, 2.24) is 5.32 Å². The number of ether oxygens (including phenoxy) is 1. The molecule has 5 heteroatoms. The fourth-order valence-electron chi connectivity index (χ4n) is 3.85. The minimum absolute atomic E-state index is 0.0166. The smallest absolute Gasteiger partial charge is 0.221 e. The second-order valence-electron chi connectivity index (χ2n) is 7.13. The second-order valence-corrected chi connectivity index (χ2v) is 8.61. The fourth-order valence-corrected chi connectivity index (χ4v) is 4.59. The standard InChI is InChI=1S/C22H27NO3S/c1-26-19-11-12-20-17(13-19)9-6-10-18(20)14-22(24)23-21(15-27(2)25)16-7-4-3-5-8-16/h3-5,7-8,11-13,18,21H,6,9-10,14-15H2,1-2H3,(H,23,24). The van der Waals surface area contributed by atoms with Crippen LogP contribution in [0.5, 0.6) is 5.75 Å². The molecule has 3 unspecified atom stereocenters. The van der Waals surface area contributed by atoms with E-state index in [2.05, 4.69) is 17.4 Å². The number of amides is 1. The van der Waals surface area contributed by atoms with Crippen molar-refractivity contribution < 1.29 is 13.7 Å². The minimum Gasteiger partial charge on any atom is -0.497 e. The summed E-state index contributed by atoms with van der Waals surface area (Å²) in [7, 11) is 0.690. The van der Waals surface area contributed by atoms with Crippen LogP contribution in [-0.2, 0) is 22.0 Å². The lowest BCUT2D eigenvalue weighted by Crippen LogP contribution is -2.33. The largest absolute Gasteiger partial charge is 0.497 e. The van der Waals surface area contributed by atoms with Crippen molar-refractivity contribution in [2.75, 3.05) is 19.1 Å². The number of carbonyl (C=O) groups is 1. The van der Waals surface area contributed by atoms with Gasteiger partial charge in [0.15, 0.2) is 0 Å². The first-order valence-corrected chi connectivity index (χ1v) is 11.1. The monoisotopic (exact) mass is 385 g/mol. The molecule has 2 aromatic rings. The van der Waals surface area contributed by atoms with Crippen molar-refractivity contribution in [2.45, 2.75) is 37.6 Å². The first kappa shape index (κ1) is 19.6. The number of fused-ring (bicyclic) bond motifs is 1. The molecule has 1 N–H and O–H groups in total. The van der Waals surface area contributed by atoms with Crippen LogP contribution < -0.4 is 10.1 Å². The van der Waals surface area contributed by atoms with Crippen LogP contribution in [0.25, 0.3) is 0 Å². The van der Waals surface area contributed by atoms with Crippen LogP contribution in [0.3, 0.4) is 0 Å². The molecule has 1 aliphatic rings. The number of hydrogen-bond acceptors (Lipinski definition) is 3. The highest BCUT2D eigenvalue weighted by Crippen LogP contribution is 2.36. The van der Waals surface area contributed by atoms with Gasteiger partial charge >= 0.3 is 0 Å². The van der Waals surface area contributed by atoms with E-state index in [9.17, 15) is 9.00 Å². The van der Waals surface area contributed by atoms with E-state index < -0.39 is 10.8 Å². The number of benzene rings is 2. The lowest BCUT2D eigenvalue weighted by atomic mass is 9.81. The predicted molar refractivity (Wildman–Crippen MR) is 110 cm³/mol. The van der Waals surface area contributed by atoms with Gasteiger partial charge in [-0.15, -0.1) is 0 Å². The summed E-state index contributed by atoms with van der Waals surface area (Å²) in [4.78, 5) is 12.8. The molecular weight excluding hydrogens is 358 g/mol. The van der Waals surface area contributed by atoms with Gasteiger partial charge in [-0.3, -0.25) is 9.00 Å². The van der Waals surface area contributed by atoms with E-state index in [1.54, 1.807) is 13.4 Å².